The maximum Gasteiger partial charge on any atom is 0.326 e. The summed E-state index contributed by atoms with van der Waals surface area (Å²) in [6.45, 7) is -0.197. The highest BCUT2D eigenvalue weighted by Crippen LogP contribution is 2.15. The molecular weight excluding hydrogens is 230 g/mol. The Labute approximate surface area is 97.3 Å². The molecular formula is C10H13NO6. The van der Waals surface area contributed by atoms with E-state index in [0.717, 1.165) is 4.90 Å². The molecule has 1 heterocycles. The average molecular weight is 243 g/mol. The molecule has 1 aliphatic rings. The molecule has 0 aromatic heterocycles. The third kappa shape index (κ3) is 3.27. The van der Waals surface area contributed by atoms with Gasteiger partial charge in [0.2, 0.25) is 5.91 Å². The number of ether oxygens (including phenoxy) is 1. The number of likely N-dealkylation sites (tertiary alicyclic amines) is 1. The Bertz CT molecular complexity index is 364. The minimum Gasteiger partial charge on any atom is -0.480 e. The van der Waals surface area contributed by atoms with Crippen molar-refractivity contribution in [3.8, 4) is 0 Å². The summed E-state index contributed by atoms with van der Waals surface area (Å²) in [5, 5.41) is 8.97. The summed E-state index contributed by atoms with van der Waals surface area (Å²) in [4.78, 5) is 45.3. The number of methoxy groups -OCH3 is 1. The molecule has 1 fully saturated rings. The fourth-order valence-corrected chi connectivity index (χ4v) is 1.66. The number of ketones is 1. The van der Waals surface area contributed by atoms with E-state index in [1.807, 2.05) is 0 Å². The van der Waals surface area contributed by atoms with Crippen molar-refractivity contribution in [1.82, 2.24) is 4.90 Å². The predicted octanol–water partition coefficient (Wildman–Crippen LogP) is -0.806. The average Bonchev–Trinajstić information content (AvgIpc) is 2.57. The van der Waals surface area contributed by atoms with Gasteiger partial charge in [0.25, 0.3) is 0 Å². The Kier molecular flexibility index (Phi) is 4.19. The van der Waals surface area contributed by atoms with Crippen LogP contribution in [-0.4, -0.2) is 53.3 Å². The van der Waals surface area contributed by atoms with Crippen LogP contribution >= 0.6 is 0 Å². The molecule has 0 radical (unpaired) electrons. The van der Waals surface area contributed by atoms with Crippen LogP contribution in [0.4, 0.5) is 0 Å². The molecule has 1 rings (SSSR count). The number of esters is 1. The second-order valence-corrected chi connectivity index (χ2v) is 3.71. The zero-order valence-electron chi connectivity index (χ0n) is 9.34. The lowest BCUT2D eigenvalue weighted by Crippen LogP contribution is -2.42. The summed E-state index contributed by atoms with van der Waals surface area (Å²) in [5.74, 6) is -2.59. The molecule has 1 aliphatic heterocycles. The molecule has 7 heteroatoms. The number of carbonyl (C=O) groups is 4. The number of aliphatic carboxylic acids is 1. The van der Waals surface area contributed by atoms with Gasteiger partial charge < -0.3 is 14.7 Å². The van der Waals surface area contributed by atoms with Gasteiger partial charge in [-0.05, 0) is 6.42 Å². The summed E-state index contributed by atoms with van der Waals surface area (Å²) >= 11 is 0. The summed E-state index contributed by atoms with van der Waals surface area (Å²) in [7, 11) is 1.20. The minimum absolute atomic E-state index is 0.0545. The first-order valence-corrected chi connectivity index (χ1v) is 5.06. The lowest BCUT2D eigenvalue weighted by atomic mass is 10.1. The van der Waals surface area contributed by atoms with E-state index >= 15 is 0 Å². The number of carboxylic acids is 1. The van der Waals surface area contributed by atoms with E-state index in [1.54, 1.807) is 0 Å². The van der Waals surface area contributed by atoms with Crippen LogP contribution in [0.3, 0.4) is 0 Å². The first-order chi connectivity index (χ1) is 7.95. The lowest BCUT2D eigenvalue weighted by molar-refractivity contribution is -0.149. The van der Waals surface area contributed by atoms with E-state index in [1.165, 1.54) is 7.11 Å². The normalized spacial score (nSPS) is 17.1. The molecule has 0 aromatic rings. The number of carbonyl (C=O) groups excluding carboxylic acids is 3. The smallest absolute Gasteiger partial charge is 0.326 e. The molecule has 0 aliphatic carbocycles. The van der Waals surface area contributed by atoms with Crippen molar-refractivity contribution in [1.29, 1.82) is 0 Å². The van der Waals surface area contributed by atoms with E-state index in [0.29, 0.717) is 0 Å². The quantitative estimate of drug-likeness (QED) is 0.500. The van der Waals surface area contributed by atoms with Gasteiger partial charge in [-0.25, -0.2) is 4.79 Å². The zero-order valence-corrected chi connectivity index (χ0v) is 9.34. The number of nitrogens with zero attached hydrogens (tertiary/aromatic N) is 1. The van der Waals surface area contributed by atoms with Crippen molar-refractivity contribution in [3.05, 3.63) is 0 Å². The van der Waals surface area contributed by atoms with Gasteiger partial charge in [0, 0.05) is 6.42 Å². The number of hydrogen-bond acceptors (Lipinski definition) is 5. The molecule has 94 valence electrons. The van der Waals surface area contributed by atoms with Crippen molar-refractivity contribution >= 4 is 23.6 Å². The highest BCUT2D eigenvalue weighted by molar-refractivity contribution is 6.06. The standard InChI is InChI=1S/C10H13NO6/c1-17-9(14)3-2-7(10(15)16)11-5-6(12)4-8(11)13/h7H,2-5H2,1H3,(H,15,16)/t7-/m0/s1. The van der Waals surface area contributed by atoms with E-state index < -0.39 is 23.9 Å². The largest absolute Gasteiger partial charge is 0.480 e. The topological polar surface area (TPSA) is 101 Å². The van der Waals surface area contributed by atoms with Gasteiger partial charge in [-0.1, -0.05) is 0 Å². The van der Waals surface area contributed by atoms with Crippen molar-refractivity contribution in [3.63, 3.8) is 0 Å². The molecule has 0 unspecified atom stereocenters. The molecule has 1 amide bonds. The van der Waals surface area contributed by atoms with Crippen LogP contribution in [0.25, 0.3) is 0 Å². The van der Waals surface area contributed by atoms with Crippen LogP contribution < -0.4 is 0 Å². The Hall–Kier alpha value is -1.92. The molecule has 7 nitrogen and oxygen atoms in total. The van der Waals surface area contributed by atoms with E-state index in [-0.39, 0.29) is 31.6 Å². The maximum absolute atomic E-state index is 11.4. The Balaban J connectivity index is 2.66. The van der Waals surface area contributed by atoms with E-state index in [9.17, 15) is 19.2 Å². The SMILES string of the molecule is COC(=O)CC[C@@H](C(=O)O)N1CC(=O)CC1=O. The van der Waals surface area contributed by atoms with Crippen LogP contribution in [-0.2, 0) is 23.9 Å². The molecule has 0 bridgehead atoms. The zero-order chi connectivity index (χ0) is 13.0. The number of hydrogen-bond donors (Lipinski definition) is 1. The van der Waals surface area contributed by atoms with E-state index in [2.05, 4.69) is 4.74 Å². The third-order valence-electron chi connectivity index (χ3n) is 2.53. The number of amides is 1. The molecule has 0 saturated carbocycles. The molecule has 17 heavy (non-hydrogen) atoms. The Morgan fingerprint density at radius 3 is 2.53 bits per heavy atom. The first kappa shape index (κ1) is 13.1. The van der Waals surface area contributed by atoms with Crippen molar-refractivity contribution in [2.45, 2.75) is 25.3 Å². The van der Waals surface area contributed by atoms with Crippen LogP contribution in [0.1, 0.15) is 19.3 Å². The van der Waals surface area contributed by atoms with Crippen LogP contribution in [0.5, 0.6) is 0 Å². The van der Waals surface area contributed by atoms with Gasteiger partial charge in [0.15, 0.2) is 5.78 Å². The number of carboxylic acid groups (broad SMARTS) is 1. The maximum atomic E-state index is 11.4. The molecule has 1 N–H and O–H groups in total. The van der Waals surface area contributed by atoms with Crippen molar-refractivity contribution in [2.75, 3.05) is 13.7 Å². The fraction of sp³-hybridized carbons (Fsp3) is 0.600. The predicted molar refractivity (Wildman–Crippen MR) is 54.0 cm³/mol. The summed E-state index contributed by atoms with van der Waals surface area (Å²) < 4.78 is 4.39. The van der Waals surface area contributed by atoms with Gasteiger partial charge in [-0.15, -0.1) is 0 Å². The lowest BCUT2D eigenvalue weighted by Gasteiger charge is -2.22. The van der Waals surface area contributed by atoms with E-state index in [4.69, 9.17) is 5.11 Å². The van der Waals surface area contributed by atoms with Gasteiger partial charge in [0.1, 0.15) is 6.04 Å². The Morgan fingerprint density at radius 2 is 2.12 bits per heavy atom. The Morgan fingerprint density at radius 1 is 1.47 bits per heavy atom. The fourth-order valence-electron chi connectivity index (χ4n) is 1.66. The monoisotopic (exact) mass is 243 g/mol. The second-order valence-electron chi connectivity index (χ2n) is 3.71. The van der Waals surface area contributed by atoms with Crippen LogP contribution in [0.2, 0.25) is 0 Å². The first-order valence-electron chi connectivity index (χ1n) is 5.06. The van der Waals surface area contributed by atoms with Crippen molar-refractivity contribution in [2.24, 2.45) is 0 Å². The number of Topliss-reactive ketones (excluding diaryl/α,β-unsaturated/α-hetero) is 1. The number of rotatable bonds is 5. The molecule has 0 spiro atoms. The van der Waals surface area contributed by atoms with Crippen LogP contribution in [0.15, 0.2) is 0 Å². The summed E-state index contributed by atoms with van der Waals surface area (Å²) in [6, 6.07) is -1.15. The second kappa shape index (κ2) is 5.42. The highest BCUT2D eigenvalue weighted by atomic mass is 16.5. The van der Waals surface area contributed by atoms with Gasteiger partial charge >= 0.3 is 11.9 Å². The van der Waals surface area contributed by atoms with Gasteiger partial charge in [-0.2, -0.15) is 0 Å². The van der Waals surface area contributed by atoms with Crippen LogP contribution in [0, 0.1) is 0 Å². The summed E-state index contributed by atoms with van der Waals surface area (Å²) in [6.07, 6.45) is -0.422. The van der Waals surface area contributed by atoms with Crippen molar-refractivity contribution < 1.29 is 29.0 Å². The third-order valence-corrected chi connectivity index (χ3v) is 2.53. The van der Waals surface area contributed by atoms with Gasteiger partial charge in [0.05, 0.1) is 20.1 Å². The minimum atomic E-state index is -1.23. The van der Waals surface area contributed by atoms with Gasteiger partial charge in [-0.3, -0.25) is 14.4 Å². The summed E-state index contributed by atoms with van der Waals surface area (Å²) in [5.41, 5.74) is 0. The molecule has 1 atom stereocenters. The molecule has 0 aromatic carbocycles. The molecule has 1 saturated heterocycles. The highest BCUT2D eigenvalue weighted by Gasteiger charge is 2.36.